The van der Waals surface area contributed by atoms with Crippen LogP contribution in [-0.4, -0.2) is 15.9 Å². The maximum atomic E-state index is 11.9. The van der Waals surface area contributed by atoms with Gasteiger partial charge in [-0.3, -0.25) is 4.79 Å². The number of carbonyl (C=O) groups excluding carboxylic acids is 1. The number of rotatable bonds is 5. The highest BCUT2D eigenvalue weighted by Crippen LogP contribution is 2.21. The highest BCUT2D eigenvalue weighted by atomic mass is 16.7. The molecule has 1 aromatic heterocycles. The van der Waals surface area contributed by atoms with Crippen molar-refractivity contribution in [2.75, 3.05) is 5.06 Å². The summed E-state index contributed by atoms with van der Waals surface area (Å²) in [7, 11) is 0. The molecule has 5 heteroatoms. The van der Waals surface area contributed by atoms with Gasteiger partial charge < -0.3 is 4.84 Å². The molecule has 0 saturated heterocycles. The first kappa shape index (κ1) is 15.9. The van der Waals surface area contributed by atoms with Gasteiger partial charge in [-0.15, -0.1) is 5.06 Å². The minimum atomic E-state index is -0.242. The second kappa shape index (κ2) is 7.02. The van der Waals surface area contributed by atoms with Crippen LogP contribution in [0.4, 0.5) is 5.82 Å². The zero-order chi connectivity index (χ0) is 16.1. The third kappa shape index (κ3) is 3.81. The number of hydroxylamine groups is 1. The van der Waals surface area contributed by atoms with Crippen molar-refractivity contribution in [1.29, 1.82) is 0 Å². The third-order valence-electron chi connectivity index (χ3n) is 3.24. The predicted octanol–water partition coefficient (Wildman–Crippen LogP) is 3.51. The molecule has 1 aromatic carbocycles. The smallest absolute Gasteiger partial charge is 0.258 e. The molecule has 0 radical (unpaired) electrons. The van der Waals surface area contributed by atoms with Crippen molar-refractivity contribution in [3.05, 3.63) is 47.9 Å². The first-order chi connectivity index (χ1) is 10.5. The number of aryl methyl sites for hydroxylation is 1. The van der Waals surface area contributed by atoms with Crippen molar-refractivity contribution in [1.82, 2.24) is 9.97 Å². The van der Waals surface area contributed by atoms with Crippen molar-refractivity contribution in [3.63, 3.8) is 0 Å². The van der Waals surface area contributed by atoms with Gasteiger partial charge in [0.25, 0.3) is 5.91 Å². The molecule has 116 valence electrons. The van der Waals surface area contributed by atoms with E-state index in [4.69, 9.17) is 4.84 Å². The lowest BCUT2D eigenvalue weighted by Gasteiger charge is -2.20. The van der Waals surface area contributed by atoms with E-state index in [1.165, 1.54) is 17.6 Å². The summed E-state index contributed by atoms with van der Waals surface area (Å²) in [6, 6.07) is 9.36. The Kier molecular flexibility index (Phi) is 5.09. The summed E-state index contributed by atoms with van der Waals surface area (Å²) in [4.78, 5) is 26.0. The maximum absolute atomic E-state index is 11.9. The first-order valence-corrected chi connectivity index (χ1v) is 7.41. The number of benzene rings is 1. The highest BCUT2D eigenvalue weighted by Gasteiger charge is 2.16. The third-order valence-corrected chi connectivity index (χ3v) is 3.24. The number of anilines is 1. The van der Waals surface area contributed by atoms with E-state index < -0.39 is 0 Å². The Morgan fingerprint density at radius 3 is 2.45 bits per heavy atom. The predicted molar refractivity (Wildman–Crippen MR) is 85.7 cm³/mol. The Morgan fingerprint density at radius 2 is 1.91 bits per heavy atom. The Hall–Kier alpha value is -2.43. The van der Waals surface area contributed by atoms with E-state index in [9.17, 15) is 4.79 Å². The van der Waals surface area contributed by atoms with Crippen LogP contribution in [0.15, 0.2) is 36.5 Å². The van der Waals surface area contributed by atoms with Gasteiger partial charge in [-0.2, -0.15) is 0 Å². The second-order valence-corrected chi connectivity index (χ2v) is 5.31. The van der Waals surface area contributed by atoms with Crippen LogP contribution in [0.25, 0.3) is 0 Å². The van der Waals surface area contributed by atoms with Crippen LogP contribution in [0.5, 0.6) is 5.75 Å². The Balaban J connectivity index is 2.23. The van der Waals surface area contributed by atoms with Crippen molar-refractivity contribution < 1.29 is 9.63 Å². The van der Waals surface area contributed by atoms with Crippen molar-refractivity contribution in [2.24, 2.45) is 0 Å². The van der Waals surface area contributed by atoms with E-state index >= 15 is 0 Å². The fourth-order valence-electron chi connectivity index (χ4n) is 1.96. The van der Waals surface area contributed by atoms with Crippen LogP contribution < -0.4 is 9.90 Å². The quantitative estimate of drug-likeness (QED) is 0.793. The zero-order valence-electron chi connectivity index (χ0n) is 13.4. The molecule has 0 aliphatic heterocycles. The molecule has 1 heterocycles. The molecule has 0 unspecified atom stereocenters. The molecule has 0 bridgehead atoms. The minimum Gasteiger partial charge on any atom is -0.370 e. The van der Waals surface area contributed by atoms with Crippen LogP contribution in [0.2, 0.25) is 0 Å². The molecule has 0 spiro atoms. The Bertz CT molecular complexity index is 639. The summed E-state index contributed by atoms with van der Waals surface area (Å²) in [5.74, 6) is 1.91. The van der Waals surface area contributed by atoms with Gasteiger partial charge in [0.15, 0.2) is 11.6 Å². The molecule has 0 N–H and O–H groups in total. The summed E-state index contributed by atoms with van der Waals surface area (Å²) in [5, 5.41) is 1.19. The van der Waals surface area contributed by atoms with Gasteiger partial charge in [0, 0.05) is 25.6 Å². The number of hydrogen-bond acceptors (Lipinski definition) is 4. The number of carbonyl (C=O) groups is 1. The summed E-state index contributed by atoms with van der Waals surface area (Å²) in [5.41, 5.74) is 1.22. The van der Waals surface area contributed by atoms with E-state index in [0.717, 1.165) is 0 Å². The normalized spacial score (nSPS) is 10.6. The van der Waals surface area contributed by atoms with Gasteiger partial charge in [0.1, 0.15) is 5.82 Å². The lowest BCUT2D eigenvalue weighted by atomic mass is 10.0. The SMILES string of the molecule is CCc1nccc(N(Oc2ccc(C(C)C)cc2)C(C)=O)n1. The summed E-state index contributed by atoms with van der Waals surface area (Å²) >= 11 is 0. The summed E-state index contributed by atoms with van der Waals surface area (Å²) < 4.78 is 0. The molecule has 5 nitrogen and oxygen atoms in total. The lowest BCUT2D eigenvalue weighted by molar-refractivity contribution is -0.120. The maximum Gasteiger partial charge on any atom is 0.258 e. The standard InChI is InChI=1S/C17H21N3O2/c1-5-16-18-11-10-17(19-16)20(13(4)21)22-15-8-6-14(7-9-15)12(2)3/h6-12H,5H2,1-4H3. The molecule has 0 aliphatic carbocycles. The van der Waals surface area contributed by atoms with Crippen LogP contribution in [0.3, 0.4) is 0 Å². The topological polar surface area (TPSA) is 55.3 Å². The molecule has 2 rings (SSSR count). The van der Waals surface area contributed by atoms with E-state index in [1.54, 1.807) is 12.3 Å². The molecule has 0 atom stereocenters. The van der Waals surface area contributed by atoms with E-state index in [0.29, 0.717) is 29.7 Å². The monoisotopic (exact) mass is 299 g/mol. The van der Waals surface area contributed by atoms with Gasteiger partial charge in [0.2, 0.25) is 0 Å². The molecule has 0 saturated carbocycles. The Labute approximate surface area is 130 Å². The van der Waals surface area contributed by atoms with Gasteiger partial charge in [0.05, 0.1) is 0 Å². The Morgan fingerprint density at radius 1 is 1.23 bits per heavy atom. The number of nitrogens with zero attached hydrogens (tertiary/aromatic N) is 3. The lowest BCUT2D eigenvalue weighted by Crippen LogP contribution is -2.33. The highest BCUT2D eigenvalue weighted by molar-refractivity contribution is 5.88. The van der Waals surface area contributed by atoms with Crippen LogP contribution >= 0.6 is 0 Å². The number of hydrogen-bond donors (Lipinski definition) is 0. The van der Waals surface area contributed by atoms with Crippen molar-refractivity contribution >= 4 is 11.7 Å². The minimum absolute atomic E-state index is 0.242. The zero-order valence-corrected chi connectivity index (χ0v) is 13.4. The summed E-state index contributed by atoms with van der Waals surface area (Å²) in [6.45, 7) is 7.66. The molecule has 1 amide bonds. The van der Waals surface area contributed by atoms with E-state index in [-0.39, 0.29) is 5.91 Å². The van der Waals surface area contributed by atoms with E-state index in [2.05, 4.69) is 23.8 Å². The van der Waals surface area contributed by atoms with Crippen LogP contribution in [0, 0.1) is 0 Å². The fourth-order valence-corrected chi connectivity index (χ4v) is 1.96. The van der Waals surface area contributed by atoms with Gasteiger partial charge in [-0.25, -0.2) is 9.97 Å². The molecule has 0 aliphatic rings. The van der Waals surface area contributed by atoms with Gasteiger partial charge in [-0.1, -0.05) is 32.9 Å². The average molecular weight is 299 g/mol. The molecule has 0 fully saturated rings. The second-order valence-electron chi connectivity index (χ2n) is 5.31. The number of aromatic nitrogens is 2. The van der Waals surface area contributed by atoms with Gasteiger partial charge >= 0.3 is 0 Å². The molecule has 22 heavy (non-hydrogen) atoms. The molecular weight excluding hydrogens is 278 g/mol. The van der Waals surface area contributed by atoms with E-state index in [1.807, 2.05) is 31.2 Å². The average Bonchev–Trinajstić information content (AvgIpc) is 2.52. The van der Waals surface area contributed by atoms with Crippen molar-refractivity contribution in [2.45, 2.75) is 40.0 Å². The molecular formula is C17H21N3O2. The molecule has 2 aromatic rings. The van der Waals surface area contributed by atoms with Gasteiger partial charge in [-0.05, 0) is 23.6 Å². The summed E-state index contributed by atoms with van der Waals surface area (Å²) in [6.07, 6.45) is 2.32. The number of amides is 1. The van der Waals surface area contributed by atoms with Crippen molar-refractivity contribution in [3.8, 4) is 5.75 Å². The van der Waals surface area contributed by atoms with Crippen LogP contribution in [0.1, 0.15) is 45.0 Å². The largest absolute Gasteiger partial charge is 0.370 e. The van der Waals surface area contributed by atoms with Crippen LogP contribution in [-0.2, 0) is 11.2 Å². The first-order valence-electron chi connectivity index (χ1n) is 7.41. The fraction of sp³-hybridized carbons (Fsp3) is 0.353.